The maximum absolute atomic E-state index is 5.86. The lowest BCUT2D eigenvalue weighted by molar-refractivity contribution is -0.0705. The zero-order valence-electron chi connectivity index (χ0n) is 18.2. The van der Waals surface area contributed by atoms with Crippen molar-refractivity contribution in [3.8, 4) is 0 Å². The molecule has 1 aliphatic rings. The van der Waals surface area contributed by atoms with Crippen LogP contribution in [0.4, 0.5) is 0 Å². The van der Waals surface area contributed by atoms with Crippen LogP contribution in [0.15, 0.2) is 33.7 Å². The van der Waals surface area contributed by atoms with Crippen LogP contribution in [0.3, 0.4) is 0 Å². The molecule has 0 amide bonds. The summed E-state index contributed by atoms with van der Waals surface area (Å²) in [4.78, 5) is 11.2. The van der Waals surface area contributed by atoms with Gasteiger partial charge < -0.3 is 19.8 Å². The normalized spacial score (nSPS) is 20.7. The molecule has 0 saturated carbocycles. The molecule has 1 fully saturated rings. The Morgan fingerprint density at radius 1 is 1.10 bits per heavy atom. The summed E-state index contributed by atoms with van der Waals surface area (Å²) in [5.41, 5.74) is 3.52. The Balaban J connectivity index is 1.56. The van der Waals surface area contributed by atoms with Gasteiger partial charge in [-0.3, -0.25) is 9.89 Å². The summed E-state index contributed by atoms with van der Waals surface area (Å²) in [5, 5.41) is 6.66. The van der Waals surface area contributed by atoms with Gasteiger partial charge in [0, 0.05) is 33.2 Å². The fraction of sp³-hybridized carbons (Fsp3) is 0.545. The van der Waals surface area contributed by atoms with Gasteiger partial charge in [0.15, 0.2) is 5.96 Å². The van der Waals surface area contributed by atoms with Crippen molar-refractivity contribution in [2.24, 2.45) is 4.99 Å². The molecule has 0 spiro atoms. The molecule has 0 aliphatic carbocycles. The number of rotatable bonds is 6. The fourth-order valence-electron chi connectivity index (χ4n) is 3.71. The van der Waals surface area contributed by atoms with Crippen molar-refractivity contribution in [2.45, 2.75) is 59.5 Å². The number of aromatic nitrogens is 1. The summed E-state index contributed by atoms with van der Waals surface area (Å²) in [5.74, 6) is 2.24. The van der Waals surface area contributed by atoms with Crippen LogP contribution in [0, 0.1) is 13.8 Å². The van der Waals surface area contributed by atoms with Crippen LogP contribution in [0.1, 0.15) is 42.3 Å². The minimum Gasteiger partial charge on any atom is -0.444 e. The SMILES string of the molecule is CN=C(NCc1nc(C)c(C)o1)NCc1ccccc1CN1CC(C)OC(C)C1. The number of ether oxygens (including phenoxy) is 1. The van der Waals surface area contributed by atoms with E-state index in [0.717, 1.165) is 37.0 Å². The number of nitrogens with one attached hydrogen (secondary N) is 2. The van der Waals surface area contributed by atoms with Gasteiger partial charge in [0.05, 0.1) is 24.4 Å². The van der Waals surface area contributed by atoms with E-state index >= 15 is 0 Å². The van der Waals surface area contributed by atoms with Crippen molar-refractivity contribution >= 4 is 5.96 Å². The molecule has 7 heteroatoms. The molecule has 3 rings (SSSR count). The van der Waals surface area contributed by atoms with Crippen LogP contribution in [0.25, 0.3) is 0 Å². The molecule has 1 aromatic heterocycles. The number of nitrogens with zero attached hydrogens (tertiary/aromatic N) is 3. The fourth-order valence-corrected chi connectivity index (χ4v) is 3.71. The molecule has 2 aromatic rings. The van der Waals surface area contributed by atoms with Crippen molar-refractivity contribution in [2.75, 3.05) is 20.1 Å². The first-order chi connectivity index (χ1) is 13.9. The number of aryl methyl sites for hydroxylation is 2. The van der Waals surface area contributed by atoms with Gasteiger partial charge in [0.2, 0.25) is 5.89 Å². The van der Waals surface area contributed by atoms with Gasteiger partial charge in [0.1, 0.15) is 5.76 Å². The quantitative estimate of drug-likeness (QED) is 0.575. The van der Waals surface area contributed by atoms with Crippen LogP contribution < -0.4 is 10.6 Å². The monoisotopic (exact) mass is 399 g/mol. The molecule has 7 nitrogen and oxygen atoms in total. The Kier molecular flexibility index (Phi) is 7.28. The minimum absolute atomic E-state index is 0.273. The number of aliphatic imine (C=N–C) groups is 1. The number of hydrogen-bond donors (Lipinski definition) is 2. The van der Waals surface area contributed by atoms with Crippen molar-refractivity contribution in [1.82, 2.24) is 20.5 Å². The van der Waals surface area contributed by atoms with E-state index < -0.39 is 0 Å². The molecule has 1 aliphatic heterocycles. The lowest BCUT2D eigenvalue weighted by Crippen LogP contribution is -2.45. The minimum atomic E-state index is 0.273. The summed E-state index contributed by atoms with van der Waals surface area (Å²) in [6.45, 7) is 12.2. The van der Waals surface area contributed by atoms with Gasteiger partial charge >= 0.3 is 0 Å². The number of guanidine groups is 1. The second-order valence-electron chi connectivity index (χ2n) is 7.75. The highest BCUT2D eigenvalue weighted by Gasteiger charge is 2.22. The average molecular weight is 400 g/mol. The van der Waals surface area contributed by atoms with Gasteiger partial charge in [-0.2, -0.15) is 0 Å². The van der Waals surface area contributed by atoms with Crippen LogP contribution in [0.5, 0.6) is 0 Å². The Morgan fingerprint density at radius 2 is 1.76 bits per heavy atom. The van der Waals surface area contributed by atoms with Crippen molar-refractivity contribution in [3.63, 3.8) is 0 Å². The molecule has 2 heterocycles. The highest BCUT2D eigenvalue weighted by Crippen LogP contribution is 2.17. The van der Waals surface area contributed by atoms with Gasteiger partial charge in [-0.05, 0) is 38.8 Å². The van der Waals surface area contributed by atoms with Crippen molar-refractivity contribution in [3.05, 3.63) is 52.7 Å². The molecular weight excluding hydrogens is 366 g/mol. The van der Waals surface area contributed by atoms with E-state index in [9.17, 15) is 0 Å². The van der Waals surface area contributed by atoms with Gasteiger partial charge in [-0.25, -0.2) is 4.98 Å². The third-order valence-corrected chi connectivity index (χ3v) is 5.16. The van der Waals surface area contributed by atoms with Crippen LogP contribution in [-0.4, -0.2) is 48.2 Å². The number of hydrogen-bond acceptors (Lipinski definition) is 5. The summed E-state index contributed by atoms with van der Waals surface area (Å²) >= 11 is 0. The summed E-state index contributed by atoms with van der Waals surface area (Å²) in [6.07, 6.45) is 0.545. The molecule has 1 saturated heterocycles. The van der Waals surface area contributed by atoms with E-state index in [1.165, 1.54) is 11.1 Å². The Labute approximate surface area is 173 Å². The second-order valence-corrected chi connectivity index (χ2v) is 7.75. The highest BCUT2D eigenvalue weighted by molar-refractivity contribution is 5.79. The maximum atomic E-state index is 5.86. The molecule has 29 heavy (non-hydrogen) atoms. The number of oxazole rings is 1. The number of morpholine rings is 1. The Morgan fingerprint density at radius 3 is 2.38 bits per heavy atom. The van der Waals surface area contributed by atoms with Crippen molar-refractivity contribution in [1.29, 1.82) is 0 Å². The van der Waals surface area contributed by atoms with Crippen LogP contribution in [-0.2, 0) is 24.4 Å². The van der Waals surface area contributed by atoms with E-state index in [1.807, 2.05) is 13.8 Å². The van der Waals surface area contributed by atoms with Gasteiger partial charge in [0.25, 0.3) is 0 Å². The maximum Gasteiger partial charge on any atom is 0.214 e. The molecule has 0 radical (unpaired) electrons. The lowest BCUT2D eigenvalue weighted by atomic mass is 10.1. The standard InChI is InChI=1S/C22H33N5O2/c1-15-12-27(13-16(2)28-15)14-20-9-7-6-8-19(20)10-24-22(23-5)25-11-21-26-17(3)18(4)29-21/h6-9,15-16H,10-14H2,1-5H3,(H2,23,24,25). The first kappa shape index (κ1) is 21.3. The zero-order valence-corrected chi connectivity index (χ0v) is 18.2. The molecule has 2 N–H and O–H groups in total. The number of benzene rings is 1. The van der Waals surface area contributed by atoms with E-state index in [4.69, 9.17) is 9.15 Å². The predicted molar refractivity (Wildman–Crippen MR) is 115 cm³/mol. The van der Waals surface area contributed by atoms with E-state index in [0.29, 0.717) is 19.0 Å². The smallest absolute Gasteiger partial charge is 0.214 e. The van der Waals surface area contributed by atoms with Gasteiger partial charge in [-0.15, -0.1) is 0 Å². The van der Waals surface area contributed by atoms with Gasteiger partial charge in [-0.1, -0.05) is 24.3 Å². The zero-order chi connectivity index (χ0) is 20.8. The summed E-state index contributed by atoms with van der Waals surface area (Å²) in [7, 11) is 1.77. The molecule has 2 unspecified atom stereocenters. The Hall–Kier alpha value is -2.38. The molecule has 1 aromatic carbocycles. The third kappa shape index (κ3) is 6.05. The first-order valence-corrected chi connectivity index (χ1v) is 10.3. The van der Waals surface area contributed by atoms with Crippen LogP contribution >= 0.6 is 0 Å². The molecule has 0 bridgehead atoms. The molecule has 158 valence electrons. The summed E-state index contributed by atoms with van der Waals surface area (Å²) < 4.78 is 11.5. The average Bonchev–Trinajstić information content (AvgIpc) is 3.00. The van der Waals surface area contributed by atoms with Crippen molar-refractivity contribution < 1.29 is 9.15 Å². The topological polar surface area (TPSA) is 74.9 Å². The predicted octanol–water partition coefficient (Wildman–Crippen LogP) is 2.77. The van der Waals surface area contributed by atoms with E-state index in [2.05, 4.69) is 63.6 Å². The molecule has 2 atom stereocenters. The second kappa shape index (κ2) is 9.89. The third-order valence-electron chi connectivity index (χ3n) is 5.16. The van der Waals surface area contributed by atoms with Crippen LogP contribution in [0.2, 0.25) is 0 Å². The first-order valence-electron chi connectivity index (χ1n) is 10.3. The van der Waals surface area contributed by atoms with E-state index in [1.54, 1.807) is 7.05 Å². The largest absolute Gasteiger partial charge is 0.444 e. The Bertz CT molecular complexity index is 803. The summed E-state index contributed by atoms with van der Waals surface area (Å²) in [6, 6.07) is 8.56. The van der Waals surface area contributed by atoms with E-state index in [-0.39, 0.29) is 12.2 Å². The lowest BCUT2D eigenvalue weighted by Gasteiger charge is -2.35. The highest BCUT2D eigenvalue weighted by atomic mass is 16.5. The molecular formula is C22H33N5O2.